The molecule has 1 heterocycles. The van der Waals surface area contributed by atoms with Gasteiger partial charge < -0.3 is 25.7 Å². The molecule has 3 amide bonds. The van der Waals surface area contributed by atoms with Crippen molar-refractivity contribution in [1.82, 2.24) is 15.5 Å². The van der Waals surface area contributed by atoms with Crippen molar-refractivity contribution in [3.05, 3.63) is 0 Å². The molecule has 1 fully saturated rings. The molecular formula is C12H21N3O5. The number of hydrogen-bond donors (Lipinski definition) is 4. The van der Waals surface area contributed by atoms with Gasteiger partial charge in [-0.3, -0.25) is 4.79 Å². The predicted octanol–water partition coefficient (Wildman–Crippen LogP) is -0.868. The summed E-state index contributed by atoms with van der Waals surface area (Å²) in [5, 5.41) is 22.8. The Kier molecular flexibility index (Phi) is 5.32. The highest BCUT2D eigenvalue weighted by molar-refractivity contribution is 5.87. The number of carbonyl (C=O) groups excluding carboxylic acids is 2. The van der Waals surface area contributed by atoms with Gasteiger partial charge in [-0.05, 0) is 26.7 Å². The summed E-state index contributed by atoms with van der Waals surface area (Å²) in [7, 11) is 0. The lowest BCUT2D eigenvalue weighted by atomic mass is 10.1. The van der Waals surface area contributed by atoms with Gasteiger partial charge in [-0.15, -0.1) is 0 Å². The zero-order chi connectivity index (χ0) is 15.3. The molecule has 1 aliphatic heterocycles. The van der Waals surface area contributed by atoms with Crippen LogP contribution in [0.5, 0.6) is 0 Å². The van der Waals surface area contributed by atoms with Crippen molar-refractivity contribution in [3.8, 4) is 0 Å². The third-order valence-electron chi connectivity index (χ3n) is 3.19. The summed E-state index contributed by atoms with van der Waals surface area (Å²) in [5.41, 5.74) is -2.04. The summed E-state index contributed by atoms with van der Waals surface area (Å²) >= 11 is 0. The molecule has 4 N–H and O–H groups in total. The molecule has 0 saturated carbocycles. The lowest BCUT2D eigenvalue weighted by Crippen LogP contribution is -2.53. The van der Waals surface area contributed by atoms with Crippen LogP contribution in [0.4, 0.5) is 4.79 Å². The van der Waals surface area contributed by atoms with Gasteiger partial charge in [0.1, 0.15) is 6.04 Å². The van der Waals surface area contributed by atoms with E-state index in [4.69, 9.17) is 5.11 Å². The van der Waals surface area contributed by atoms with Crippen molar-refractivity contribution in [3.63, 3.8) is 0 Å². The fraction of sp³-hybridized carbons (Fsp3) is 0.750. The molecule has 1 rings (SSSR count). The van der Waals surface area contributed by atoms with Gasteiger partial charge in [0.25, 0.3) is 0 Å². The summed E-state index contributed by atoms with van der Waals surface area (Å²) in [4.78, 5) is 35.8. The van der Waals surface area contributed by atoms with E-state index in [-0.39, 0.29) is 5.91 Å². The Morgan fingerprint density at radius 1 is 1.30 bits per heavy atom. The minimum absolute atomic E-state index is 0.164. The molecule has 0 aromatic rings. The van der Waals surface area contributed by atoms with Crippen molar-refractivity contribution in [1.29, 1.82) is 0 Å². The maximum absolute atomic E-state index is 11.9. The number of nitrogens with one attached hydrogen (secondary N) is 2. The molecule has 0 aromatic heterocycles. The Morgan fingerprint density at radius 3 is 2.35 bits per heavy atom. The molecule has 8 nitrogen and oxygen atoms in total. The molecule has 2 unspecified atom stereocenters. The SMILES string of the molecule is CC(NC(=O)NCC(C)(O)C(=O)O)C(=O)N1CCCC1. The number of hydrogen-bond acceptors (Lipinski definition) is 4. The van der Waals surface area contributed by atoms with Gasteiger partial charge in [-0.1, -0.05) is 0 Å². The number of amides is 3. The van der Waals surface area contributed by atoms with E-state index in [1.807, 2.05) is 0 Å². The van der Waals surface area contributed by atoms with E-state index in [0.29, 0.717) is 13.1 Å². The average molecular weight is 287 g/mol. The molecule has 114 valence electrons. The van der Waals surface area contributed by atoms with Gasteiger partial charge in [0.05, 0.1) is 6.54 Å². The summed E-state index contributed by atoms with van der Waals surface area (Å²) in [5.74, 6) is -1.60. The number of urea groups is 1. The number of aliphatic carboxylic acids is 1. The smallest absolute Gasteiger partial charge is 0.337 e. The maximum Gasteiger partial charge on any atom is 0.337 e. The fourth-order valence-corrected chi connectivity index (χ4v) is 1.85. The second-order valence-corrected chi connectivity index (χ2v) is 5.16. The standard InChI is InChI=1S/C12H21N3O5/c1-8(9(16)15-5-3-4-6-15)14-11(19)13-7-12(2,20)10(17)18/h8,20H,3-7H2,1-2H3,(H,17,18)(H2,13,14,19). The van der Waals surface area contributed by atoms with Crippen LogP contribution in [0.3, 0.4) is 0 Å². The van der Waals surface area contributed by atoms with E-state index in [0.717, 1.165) is 19.8 Å². The van der Waals surface area contributed by atoms with Crippen LogP contribution < -0.4 is 10.6 Å². The Hall–Kier alpha value is -1.83. The van der Waals surface area contributed by atoms with Crippen molar-refractivity contribution in [2.75, 3.05) is 19.6 Å². The summed E-state index contributed by atoms with van der Waals surface area (Å²) in [6.07, 6.45) is 1.93. The van der Waals surface area contributed by atoms with E-state index in [1.165, 1.54) is 0 Å². The summed E-state index contributed by atoms with van der Waals surface area (Å²) in [6, 6.07) is -1.38. The van der Waals surface area contributed by atoms with Gasteiger partial charge in [0.15, 0.2) is 5.60 Å². The van der Waals surface area contributed by atoms with Crippen LogP contribution >= 0.6 is 0 Å². The Bertz CT molecular complexity index is 391. The highest BCUT2D eigenvalue weighted by Gasteiger charge is 2.31. The first-order valence-corrected chi connectivity index (χ1v) is 6.53. The van der Waals surface area contributed by atoms with Crippen LogP contribution in [0.2, 0.25) is 0 Å². The van der Waals surface area contributed by atoms with Gasteiger partial charge in [-0.25, -0.2) is 9.59 Å². The Balaban J connectivity index is 2.38. The minimum Gasteiger partial charge on any atom is -0.479 e. The first-order chi connectivity index (χ1) is 9.24. The second kappa shape index (κ2) is 6.56. The summed E-state index contributed by atoms with van der Waals surface area (Å²) < 4.78 is 0. The van der Waals surface area contributed by atoms with Crippen molar-refractivity contribution in [2.24, 2.45) is 0 Å². The minimum atomic E-state index is -2.04. The quantitative estimate of drug-likeness (QED) is 0.524. The van der Waals surface area contributed by atoms with Crippen LogP contribution in [0.25, 0.3) is 0 Å². The molecule has 2 atom stereocenters. The summed E-state index contributed by atoms with van der Waals surface area (Å²) in [6.45, 7) is 3.59. The largest absolute Gasteiger partial charge is 0.479 e. The second-order valence-electron chi connectivity index (χ2n) is 5.16. The normalized spacial score (nSPS) is 19.1. The van der Waals surface area contributed by atoms with E-state index < -0.39 is 30.2 Å². The van der Waals surface area contributed by atoms with Gasteiger partial charge >= 0.3 is 12.0 Å². The Morgan fingerprint density at radius 2 is 1.85 bits per heavy atom. The molecular weight excluding hydrogens is 266 g/mol. The van der Waals surface area contributed by atoms with Crippen LogP contribution in [0.15, 0.2) is 0 Å². The van der Waals surface area contributed by atoms with Gasteiger partial charge in [0, 0.05) is 13.1 Å². The highest BCUT2D eigenvalue weighted by atomic mass is 16.4. The predicted molar refractivity (Wildman–Crippen MR) is 70.1 cm³/mol. The van der Waals surface area contributed by atoms with Gasteiger partial charge in [-0.2, -0.15) is 0 Å². The number of rotatable bonds is 5. The van der Waals surface area contributed by atoms with Crippen molar-refractivity contribution in [2.45, 2.75) is 38.3 Å². The fourth-order valence-electron chi connectivity index (χ4n) is 1.85. The molecule has 0 aromatic carbocycles. The van der Waals surface area contributed by atoms with E-state index >= 15 is 0 Å². The van der Waals surface area contributed by atoms with Gasteiger partial charge in [0.2, 0.25) is 5.91 Å². The number of carboxylic acid groups (broad SMARTS) is 1. The zero-order valence-electron chi connectivity index (χ0n) is 11.7. The van der Waals surface area contributed by atoms with Crippen LogP contribution in [0, 0.1) is 0 Å². The highest BCUT2D eigenvalue weighted by Crippen LogP contribution is 2.08. The number of carbonyl (C=O) groups is 3. The van der Waals surface area contributed by atoms with E-state index in [9.17, 15) is 19.5 Å². The first kappa shape index (κ1) is 16.2. The monoisotopic (exact) mass is 287 g/mol. The van der Waals surface area contributed by atoms with Crippen LogP contribution in [0.1, 0.15) is 26.7 Å². The van der Waals surface area contributed by atoms with Crippen molar-refractivity contribution < 1.29 is 24.6 Å². The topological polar surface area (TPSA) is 119 Å². The van der Waals surface area contributed by atoms with Crippen LogP contribution in [-0.4, -0.2) is 64.3 Å². The van der Waals surface area contributed by atoms with E-state index in [1.54, 1.807) is 11.8 Å². The van der Waals surface area contributed by atoms with E-state index in [2.05, 4.69) is 10.6 Å². The third kappa shape index (κ3) is 4.37. The number of nitrogens with zero attached hydrogens (tertiary/aromatic N) is 1. The molecule has 0 radical (unpaired) electrons. The maximum atomic E-state index is 11.9. The number of aliphatic hydroxyl groups is 1. The lowest BCUT2D eigenvalue weighted by Gasteiger charge is -2.22. The third-order valence-corrected chi connectivity index (χ3v) is 3.19. The zero-order valence-corrected chi connectivity index (χ0v) is 11.7. The average Bonchev–Trinajstić information content (AvgIpc) is 2.89. The van der Waals surface area contributed by atoms with Crippen LogP contribution in [-0.2, 0) is 9.59 Å². The number of carboxylic acids is 1. The molecule has 0 aliphatic carbocycles. The number of likely N-dealkylation sites (tertiary alicyclic amines) is 1. The molecule has 0 bridgehead atoms. The molecule has 1 saturated heterocycles. The molecule has 0 spiro atoms. The molecule has 8 heteroatoms. The Labute approximate surface area is 117 Å². The lowest BCUT2D eigenvalue weighted by molar-refractivity contribution is -0.155. The molecule has 20 heavy (non-hydrogen) atoms. The van der Waals surface area contributed by atoms with Crippen molar-refractivity contribution >= 4 is 17.9 Å². The molecule has 1 aliphatic rings. The first-order valence-electron chi connectivity index (χ1n) is 6.53.